The Hall–Kier alpha value is -1.83. The molecule has 2 rings (SSSR count). The van der Waals surface area contributed by atoms with Crippen molar-refractivity contribution in [2.45, 2.75) is 13.3 Å². The second-order valence-corrected chi connectivity index (χ2v) is 3.48. The molecule has 2 aromatic rings. The van der Waals surface area contributed by atoms with Crippen molar-refractivity contribution in [3.8, 4) is 11.1 Å². The molecule has 0 spiro atoms. The minimum absolute atomic E-state index is 0.563. The van der Waals surface area contributed by atoms with E-state index < -0.39 is 0 Å². The van der Waals surface area contributed by atoms with Gasteiger partial charge in [0.1, 0.15) is 5.82 Å². The quantitative estimate of drug-likeness (QED) is 0.805. The predicted octanol–water partition coefficient (Wildman–Crippen LogP) is 2.89. The molecule has 2 N–H and O–H groups in total. The lowest BCUT2D eigenvalue weighted by Gasteiger charge is -2.07. The van der Waals surface area contributed by atoms with Crippen LogP contribution in [0.25, 0.3) is 11.1 Å². The lowest BCUT2D eigenvalue weighted by atomic mass is 10.00. The highest BCUT2D eigenvalue weighted by molar-refractivity contribution is 5.67. The minimum atomic E-state index is 0.563. The average molecular weight is 198 g/mol. The van der Waals surface area contributed by atoms with Crippen LogP contribution >= 0.6 is 0 Å². The summed E-state index contributed by atoms with van der Waals surface area (Å²) >= 11 is 0. The van der Waals surface area contributed by atoms with Gasteiger partial charge in [0, 0.05) is 11.8 Å². The van der Waals surface area contributed by atoms with Crippen LogP contribution in [-0.2, 0) is 6.42 Å². The third-order valence-corrected chi connectivity index (χ3v) is 2.50. The van der Waals surface area contributed by atoms with Crippen LogP contribution < -0.4 is 5.73 Å². The van der Waals surface area contributed by atoms with Crippen LogP contribution in [-0.4, -0.2) is 4.98 Å². The summed E-state index contributed by atoms with van der Waals surface area (Å²) in [5.41, 5.74) is 9.27. The molecule has 0 fully saturated rings. The lowest BCUT2D eigenvalue weighted by molar-refractivity contribution is 1.14. The molecular formula is C13H14N2. The van der Waals surface area contributed by atoms with E-state index in [9.17, 15) is 0 Å². The number of pyridine rings is 1. The van der Waals surface area contributed by atoms with Crippen LogP contribution in [0.15, 0.2) is 42.6 Å². The van der Waals surface area contributed by atoms with Gasteiger partial charge in [-0.25, -0.2) is 4.98 Å². The third-order valence-electron chi connectivity index (χ3n) is 2.50. The summed E-state index contributed by atoms with van der Waals surface area (Å²) in [5.74, 6) is 0.563. The number of nitrogen functional groups attached to an aromatic ring is 1. The van der Waals surface area contributed by atoms with Crippen molar-refractivity contribution < 1.29 is 0 Å². The number of nitrogens with zero attached hydrogens (tertiary/aromatic N) is 1. The first-order valence-electron chi connectivity index (χ1n) is 5.11. The summed E-state index contributed by atoms with van der Waals surface area (Å²) in [5, 5.41) is 0. The molecule has 0 bridgehead atoms. The largest absolute Gasteiger partial charge is 0.384 e. The summed E-state index contributed by atoms with van der Waals surface area (Å²) in [6.45, 7) is 2.16. The van der Waals surface area contributed by atoms with Crippen molar-refractivity contribution in [2.75, 3.05) is 5.73 Å². The third kappa shape index (κ3) is 1.99. The minimum Gasteiger partial charge on any atom is -0.384 e. The first kappa shape index (κ1) is 9.71. The SMILES string of the molecule is CCc1ccccc1-c1ccc(N)nc1. The zero-order chi connectivity index (χ0) is 10.7. The number of anilines is 1. The van der Waals surface area contributed by atoms with Gasteiger partial charge in [-0.05, 0) is 29.7 Å². The topological polar surface area (TPSA) is 38.9 Å². The average Bonchev–Trinajstić information content (AvgIpc) is 2.30. The first-order chi connectivity index (χ1) is 7.31. The summed E-state index contributed by atoms with van der Waals surface area (Å²) in [6, 6.07) is 12.2. The van der Waals surface area contributed by atoms with Crippen LogP contribution in [0.5, 0.6) is 0 Å². The van der Waals surface area contributed by atoms with E-state index in [0.29, 0.717) is 5.82 Å². The second-order valence-electron chi connectivity index (χ2n) is 3.48. The number of benzene rings is 1. The fourth-order valence-corrected chi connectivity index (χ4v) is 1.67. The summed E-state index contributed by atoms with van der Waals surface area (Å²) in [7, 11) is 0. The van der Waals surface area contributed by atoms with Gasteiger partial charge in [0.05, 0.1) is 0 Å². The molecule has 1 aromatic carbocycles. The van der Waals surface area contributed by atoms with Crippen molar-refractivity contribution >= 4 is 5.82 Å². The molecule has 0 aliphatic heterocycles. The molecule has 76 valence electrons. The van der Waals surface area contributed by atoms with Gasteiger partial charge >= 0.3 is 0 Å². The maximum absolute atomic E-state index is 5.56. The highest BCUT2D eigenvalue weighted by Crippen LogP contribution is 2.23. The Kier molecular flexibility index (Phi) is 2.68. The Morgan fingerprint density at radius 3 is 2.60 bits per heavy atom. The van der Waals surface area contributed by atoms with Crippen LogP contribution in [0.4, 0.5) is 5.82 Å². The molecule has 2 nitrogen and oxygen atoms in total. The van der Waals surface area contributed by atoms with Crippen molar-refractivity contribution in [3.63, 3.8) is 0 Å². The molecule has 0 aliphatic carbocycles. The molecule has 0 saturated heterocycles. The molecule has 0 saturated carbocycles. The van der Waals surface area contributed by atoms with E-state index >= 15 is 0 Å². The number of hydrogen-bond donors (Lipinski definition) is 1. The zero-order valence-electron chi connectivity index (χ0n) is 8.77. The normalized spacial score (nSPS) is 10.2. The van der Waals surface area contributed by atoms with E-state index in [1.165, 1.54) is 11.1 Å². The molecule has 2 heteroatoms. The van der Waals surface area contributed by atoms with Gasteiger partial charge < -0.3 is 5.73 Å². The van der Waals surface area contributed by atoms with Gasteiger partial charge in [-0.15, -0.1) is 0 Å². The van der Waals surface area contributed by atoms with Crippen molar-refractivity contribution in [1.29, 1.82) is 0 Å². The molecule has 0 aliphatic rings. The Morgan fingerprint density at radius 1 is 1.13 bits per heavy atom. The van der Waals surface area contributed by atoms with Gasteiger partial charge in [0.15, 0.2) is 0 Å². The molecule has 15 heavy (non-hydrogen) atoms. The monoisotopic (exact) mass is 198 g/mol. The number of rotatable bonds is 2. The summed E-state index contributed by atoms with van der Waals surface area (Å²) < 4.78 is 0. The van der Waals surface area contributed by atoms with Gasteiger partial charge in [0.25, 0.3) is 0 Å². The lowest BCUT2D eigenvalue weighted by Crippen LogP contribution is -1.91. The molecule has 0 unspecified atom stereocenters. The molecule has 0 amide bonds. The van der Waals surface area contributed by atoms with E-state index in [4.69, 9.17) is 5.73 Å². The second kappa shape index (κ2) is 4.13. The van der Waals surface area contributed by atoms with E-state index in [2.05, 4.69) is 30.1 Å². The van der Waals surface area contributed by atoms with Gasteiger partial charge in [-0.3, -0.25) is 0 Å². The molecular weight excluding hydrogens is 184 g/mol. The Labute approximate surface area is 89.8 Å². The van der Waals surface area contributed by atoms with E-state index in [-0.39, 0.29) is 0 Å². The number of hydrogen-bond acceptors (Lipinski definition) is 2. The van der Waals surface area contributed by atoms with Gasteiger partial charge in [-0.1, -0.05) is 31.2 Å². The Morgan fingerprint density at radius 2 is 1.93 bits per heavy atom. The molecule has 0 atom stereocenters. The van der Waals surface area contributed by atoms with Crippen molar-refractivity contribution in [3.05, 3.63) is 48.2 Å². The van der Waals surface area contributed by atoms with Crippen molar-refractivity contribution in [1.82, 2.24) is 4.98 Å². The number of nitrogens with two attached hydrogens (primary N) is 1. The number of aryl methyl sites for hydroxylation is 1. The van der Waals surface area contributed by atoms with Crippen LogP contribution in [0, 0.1) is 0 Å². The highest BCUT2D eigenvalue weighted by atomic mass is 14.8. The number of aromatic nitrogens is 1. The van der Waals surface area contributed by atoms with Gasteiger partial charge in [-0.2, -0.15) is 0 Å². The first-order valence-corrected chi connectivity index (χ1v) is 5.11. The fraction of sp³-hybridized carbons (Fsp3) is 0.154. The van der Waals surface area contributed by atoms with E-state index in [1.807, 2.05) is 24.4 Å². The smallest absolute Gasteiger partial charge is 0.123 e. The maximum Gasteiger partial charge on any atom is 0.123 e. The van der Waals surface area contributed by atoms with Crippen LogP contribution in [0.1, 0.15) is 12.5 Å². The standard InChI is InChI=1S/C13H14N2/c1-2-10-5-3-4-6-12(10)11-7-8-13(14)15-9-11/h3-9H,2H2,1H3,(H2,14,15). The van der Waals surface area contributed by atoms with Crippen LogP contribution in [0.3, 0.4) is 0 Å². The molecule has 1 aromatic heterocycles. The van der Waals surface area contributed by atoms with E-state index in [0.717, 1.165) is 12.0 Å². The predicted molar refractivity (Wildman–Crippen MR) is 63.5 cm³/mol. The van der Waals surface area contributed by atoms with E-state index in [1.54, 1.807) is 0 Å². The maximum atomic E-state index is 5.56. The van der Waals surface area contributed by atoms with Crippen LogP contribution in [0.2, 0.25) is 0 Å². The Balaban J connectivity index is 2.49. The molecule has 1 heterocycles. The summed E-state index contributed by atoms with van der Waals surface area (Å²) in [4.78, 5) is 4.11. The highest BCUT2D eigenvalue weighted by Gasteiger charge is 2.02. The zero-order valence-corrected chi connectivity index (χ0v) is 8.77. The Bertz CT molecular complexity index is 446. The van der Waals surface area contributed by atoms with Crippen molar-refractivity contribution in [2.24, 2.45) is 0 Å². The summed E-state index contributed by atoms with van der Waals surface area (Å²) in [6.07, 6.45) is 2.85. The fourth-order valence-electron chi connectivity index (χ4n) is 1.67. The van der Waals surface area contributed by atoms with Gasteiger partial charge in [0.2, 0.25) is 0 Å². The molecule has 0 radical (unpaired) electrons.